The summed E-state index contributed by atoms with van der Waals surface area (Å²) in [5, 5.41) is 0. The Hall–Kier alpha value is -3.32. The summed E-state index contributed by atoms with van der Waals surface area (Å²) < 4.78 is 6.21. The van der Waals surface area contributed by atoms with E-state index in [0.29, 0.717) is 0 Å². The summed E-state index contributed by atoms with van der Waals surface area (Å²) >= 11 is 0. The molecule has 0 spiro atoms. The molecule has 1 heterocycles. The fraction of sp³-hybridized carbons (Fsp3) is 0. The highest BCUT2D eigenvalue weighted by Gasteiger charge is 2.14. The second-order valence-electron chi connectivity index (χ2n) is 5.91. The third-order valence-corrected chi connectivity index (χ3v) is 4.06. The molecule has 4 rings (SSSR count). The largest absolute Gasteiger partial charge is 0.456 e. The highest BCUT2D eigenvalue weighted by Crippen LogP contribution is 2.32. The third kappa shape index (κ3) is 3.61. The summed E-state index contributed by atoms with van der Waals surface area (Å²) in [6.45, 7) is 0. The maximum Gasteiger partial charge on any atom is 0.135 e. The van der Waals surface area contributed by atoms with Crippen molar-refractivity contribution in [1.29, 1.82) is 0 Å². The first kappa shape index (κ1) is 15.2. The zero-order valence-corrected chi connectivity index (χ0v) is 13.8. The molecule has 0 aromatic heterocycles. The Labute approximate surface area is 148 Å². The van der Waals surface area contributed by atoms with Crippen LogP contribution < -0.4 is 0 Å². The van der Waals surface area contributed by atoms with Crippen molar-refractivity contribution in [3.8, 4) is 0 Å². The van der Waals surface area contributed by atoms with Gasteiger partial charge in [-0.2, -0.15) is 0 Å². The Bertz CT molecular complexity index is 876. The second kappa shape index (κ2) is 7.06. The SMILES string of the molecule is C(=C1C=C(c2ccccc2)OC(c2ccccc2)=C1)c1ccccc1. The minimum absolute atomic E-state index is 0.865. The second-order valence-corrected chi connectivity index (χ2v) is 5.91. The first-order valence-electron chi connectivity index (χ1n) is 8.37. The Morgan fingerprint density at radius 1 is 0.520 bits per heavy atom. The van der Waals surface area contributed by atoms with Crippen LogP contribution in [-0.2, 0) is 4.74 Å². The van der Waals surface area contributed by atoms with Gasteiger partial charge in [0.2, 0.25) is 0 Å². The molecule has 1 heteroatoms. The molecule has 0 saturated heterocycles. The predicted molar refractivity (Wildman–Crippen MR) is 104 cm³/mol. The summed E-state index contributed by atoms with van der Waals surface area (Å²) in [6.07, 6.45) is 6.36. The zero-order valence-electron chi connectivity index (χ0n) is 13.8. The summed E-state index contributed by atoms with van der Waals surface area (Å²) in [7, 11) is 0. The first-order valence-corrected chi connectivity index (χ1v) is 8.37. The fourth-order valence-corrected chi connectivity index (χ4v) is 2.84. The third-order valence-electron chi connectivity index (χ3n) is 4.06. The predicted octanol–water partition coefficient (Wildman–Crippen LogP) is 6.18. The van der Waals surface area contributed by atoms with Gasteiger partial charge in [-0.25, -0.2) is 0 Å². The van der Waals surface area contributed by atoms with Gasteiger partial charge < -0.3 is 4.74 Å². The lowest BCUT2D eigenvalue weighted by molar-refractivity contribution is 0.467. The molecule has 0 unspecified atom stereocenters. The van der Waals surface area contributed by atoms with E-state index in [0.717, 1.165) is 28.2 Å². The van der Waals surface area contributed by atoms with Crippen molar-refractivity contribution in [2.24, 2.45) is 0 Å². The molecule has 0 atom stereocenters. The molecule has 120 valence electrons. The van der Waals surface area contributed by atoms with Gasteiger partial charge in [-0.1, -0.05) is 91.0 Å². The fourth-order valence-electron chi connectivity index (χ4n) is 2.84. The number of rotatable bonds is 3. The van der Waals surface area contributed by atoms with Crippen LogP contribution in [0.1, 0.15) is 16.7 Å². The number of allylic oxidation sites excluding steroid dienone is 3. The minimum Gasteiger partial charge on any atom is -0.456 e. The van der Waals surface area contributed by atoms with Gasteiger partial charge in [-0.15, -0.1) is 0 Å². The van der Waals surface area contributed by atoms with E-state index < -0.39 is 0 Å². The number of hydrogen-bond acceptors (Lipinski definition) is 1. The highest BCUT2D eigenvalue weighted by molar-refractivity contribution is 5.80. The zero-order chi connectivity index (χ0) is 16.9. The molecule has 3 aromatic carbocycles. The molecule has 0 saturated carbocycles. The van der Waals surface area contributed by atoms with Crippen LogP contribution in [0.2, 0.25) is 0 Å². The molecular weight excluding hydrogens is 304 g/mol. The van der Waals surface area contributed by atoms with Gasteiger partial charge >= 0.3 is 0 Å². The minimum atomic E-state index is 0.865. The Balaban J connectivity index is 1.78. The van der Waals surface area contributed by atoms with E-state index in [9.17, 15) is 0 Å². The number of ether oxygens (including phenoxy) is 1. The Kier molecular flexibility index (Phi) is 4.30. The van der Waals surface area contributed by atoms with Crippen LogP contribution in [-0.4, -0.2) is 0 Å². The first-order chi connectivity index (χ1) is 12.4. The van der Waals surface area contributed by atoms with E-state index in [-0.39, 0.29) is 0 Å². The van der Waals surface area contributed by atoms with E-state index in [4.69, 9.17) is 4.74 Å². The molecule has 0 fully saturated rings. The summed E-state index contributed by atoms with van der Waals surface area (Å²) in [5.41, 5.74) is 4.44. The molecule has 0 bridgehead atoms. The lowest BCUT2D eigenvalue weighted by atomic mass is 10.0. The average molecular weight is 322 g/mol. The summed E-state index contributed by atoms with van der Waals surface area (Å²) in [5.74, 6) is 1.73. The monoisotopic (exact) mass is 322 g/mol. The van der Waals surface area contributed by atoms with Crippen LogP contribution in [0.4, 0.5) is 0 Å². The summed E-state index contributed by atoms with van der Waals surface area (Å²) in [4.78, 5) is 0. The quantitative estimate of drug-likeness (QED) is 0.559. The lowest BCUT2D eigenvalue weighted by Gasteiger charge is -2.19. The number of benzene rings is 3. The van der Waals surface area contributed by atoms with Gasteiger partial charge in [0.1, 0.15) is 11.5 Å². The van der Waals surface area contributed by atoms with Crippen molar-refractivity contribution in [3.05, 3.63) is 125 Å². The van der Waals surface area contributed by atoms with Crippen molar-refractivity contribution in [2.45, 2.75) is 0 Å². The van der Waals surface area contributed by atoms with Gasteiger partial charge in [0.15, 0.2) is 0 Å². The molecule has 3 aromatic rings. The lowest BCUT2D eigenvalue weighted by Crippen LogP contribution is -1.99. The van der Waals surface area contributed by atoms with E-state index in [1.54, 1.807) is 0 Å². The normalized spacial score (nSPS) is 13.5. The van der Waals surface area contributed by atoms with Crippen LogP contribution in [0.15, 0.2) is 109 Å². The maximum absolute atomic E-state index is 6.21. The van der Waals surface area contributed by atoms with Crippen LogP contribution in [0.3, 0.4) is 0 Å². The van der Waals surface area contributed by atoms with E-state index in [1.165, 1.54) is 5.56 Å². The number of hydrogen-bond donors (Lipinski definition) is 0. The van der Waals surface area contributed by atoms with Crippen molar-refractivity contribution >= 4 is 17.6 Å². The molecule has 0 N–H and O–H groups in total. The topological polar surface area (TPSA) is 9.23 Å². The molecule has 25 heavy (non-hydrogen) atoms. The van der Waals surface area contributed by atoms with Crippen LogP contribution >= 0.6 is 0 Å². The average Bonchev–Trinajstić information content (AvgIpc) is 2.70. The van der Waals surface area contributed by atoms with Gasteiger partial charge in [0.05, 0.1) is 0 Å². The van der Waals surface area contributed by atoms with Crippen molar-refractivity contribution < 1.29 is 4.74 Å². The van der Waals surface area contributed by atoms with E-state index in [2.05, 4.69) is 66.8 Å². The molecule has 0 aliphatic carbocycles. The molecule has 0 amide bonds. The molecular formula is C24H18O. The Morgan fingerprint density at radius 3 is 1.44 bits per heavy atom. The van der Waals surface area contributed by atoms with E-state index in [1.807, 2.05) is 42.5 Å². The molecule has 1 nitrogen and oxygen atoms in total. The molecule has 1 aliphatic rings. The van der Waals surface area contributed by atoms with Crippen LogP contribution in [0.5, 0.6) is 0 Å². The van der Waals surface area contributed by atoms with Gasteiger partial charge in [-0.3, -0.25) is 0 Å². The molecule has 1 aliphatic heterocycles. The van der Waals surface area contributed by atoms with Crippen molar-refractivity contribution in [3.63, 3.8) is 0 Å². The highest BCUT2D eigenvalue weighted by atomic mass is 16.5. The maximum atomic E-state index is 6.21. The summed E-state index contributed by atoms with van der Waals surface area (Å²) in [6, 6.07) is 30.8. The van der Waals surface area contributed by atoms with Crippen LogP contribution in [0, 0.1) is 0 Å². The van der Waals surface area contributed by atoms with Gasteiger partial charge in [0.25, 0.3) is 0 Å². The smallest absolute Gasteiger partial charge is 0.135 e. The Morgan fingerprint density at radius 2 is 0.960 bits per heavy atom. The van der Waals surface area contributed by atoms with Gasteiger partial charge in [-0.05, 0) is 29.4 Å². The standard InChI is InChI=1S/C24H18O/c1-4-10-19(11-5-1)16-20-17-23(21-12-6-2-7-13-21)25-24(18-20)22-14-8-3-9-15-22/h1-18H. The van der Waals surface area contributed by atoms with Crippen molar-refractivity contribution in [2.75, 3.05) is 0 Å². The van der Waals surface area contributed by atoms with E-state index >= 15 is 0 Å². The molecule has 0 radical (unpaired) electrons. The van der Waals surface area contributed by atoms with Gasteiger partial charge in [0, 0.05) is 11.1 Å². The van der Waals surface area contributed by atoms with Crippen LogP contribution in [0.25, 0.3) is 17.6 Å². The van der Waals surface area contributed by atoms with Crippen molar-refractivity contribution in [1.82, 2.24) is 0 Å².